The molecule has 6 heteroatoms. The molecule has 1 fully saturated rings. The molecule has 1 aliphatic rings. The maximum Gasteiger partial charge on any atom is 0.251 e. The number of likely N-dealkylation sites (tertiary alicyclic amines) is 1. The van der Waals surface area contributed by atoms with Gasteiger partial charge in [0.1, 0.15) is 12.9 Å². The number of hydrogen-bond acceptors (Lipinski definition) is 5. The summed E-state index contributed by atoms with van der Waals surface area (Å²) >= 11 is 0. The summed E-state index contributed by atoms with van der Waals surface area (Å²) in [4.78, 5) is 19.7. The first-order valence-electron chi connectivity index (χ1n) is 9.54. The maximum absolute atomic E-state index is 12.6. The largest absolute Gasteiger partial charge is 0.497 e. The van der Waals surface area contributed by atoms with Gasteiger partial charge in [0.15, 0.2) is 0 Å². The first-order valence-corrected chi connectivity index (χ1v) is 9.54. The van der Waals surface area contributed by atoms with Gasteiger partial charge in [0.2, 0.25) is 0 Å². The van der Waals surface area contributed by atoms with Gasteiger partial charge in [-0.05, 0) is 61.3 Å². The van der Waals surface area contributed by atoms with Gasteiger partial charge in [-0.1, -0.05) is 29.4 Å². The van der Waals surface area contributed by atoms with Crippen molar-refractivity contribution in [1.82, 2.24) is 10.2 Å². The zero-order valence-electron chi connectivity index (χ0n) is 16.4. The topological polar surface area (TPSA) is 63.2 Å². The number of benzene rings is 2. The minimum atomic E-state index is -0.0812. The molecule has 2 aromatic carbocycles. The van der Waals surface area contributed by atoms with Gasteiger partial charge in [0, 0.05) is 12.1 Å². The van der Waals surface area contributed by atoms with Crippen LogP contribution in [0.25, 0.3) is 0 Å². The molecule has 148 valence electrons. The van der Waals surface area contributed by atoms with E-state index in [1.54, 1.807) is 25.5 Å². The lowest BCUT2D eigenvalue weighted by Gasteiger charge is -2.28. The Morgan fingerprint density at radius 1 is 1.18 bits per heavy atom. The monoisotopic (exact) mass is 381 g/mol. The Bertz CT molecular complexity index is 799. The second kappa shape index (κ2) is 9.90. The van der Waals surface area contributed by atoms with E-state index >= 15 is 0 Å². The minimum Gasteiger partial charge on any atom is -0.497 e. The zero-order valence-corrected chi connectivity index (χ0v) is 16.4. The van der Waals surface area contributed by atoms with Crippen molar-refractivity contribution in [2.45, 2.75) is 18.9 Å². The van der Waals surface area contributed by atoms with E-state index in [0.29, 0.717) is 12.1 Å². The summed E-state index contributed by atoms with van der Waals surface area (Å²) in [6, 6.07) is 15.5. The van der Waals surface area contributed by atoms with Crippen LogP contribution < -0.4 is 10.1 Å². The molecule has 1 amide bonds. The molecule has 0 bridgehead atoms. The van der Waals surface area contributed by atoms with Crippen LogP contribution in [-0.2, 0) is 4.84 Å². The summed E-state index contributed by atoms with van der Waals surface area (Å²) in [5.41, 5.74) is 2.66. The Balaban J connectivity index is 1.68. The van der Waals surface area contributed by atoms with Crippen LogP contribution in [0.2, 0.25) is 0 Å². The van der Waals surface area contributed by atoms with Gasteiger partial charge >= 0.3 is 0 Å². The highest BCUT2D eigenvalue weighted by atomic mass is 16.6. The Morgan fingerprint density at radius 2 is 1.93 bits per heavy atom. The van der Waals surface area contributed by atoms with Crippen LogP contribution in [0.15, 0.2) is 53.7 Å². The first-order chi connectivity index (χ1) is 13.7. The second-order valence-corrected chi connectivity index (χ2v) is 6.78. The molecule has 1 heterocycles. The molecule has 1 unspecified atom stereocenters. The van der Waals surface area contributed by atoms with Gasteiger partial charge in [-0.25, -0.2) is 0 Å². The number of carbonyl (C=O) groups is 1. The van der Waals surface area contributed by atoms with E-state index in [1.165, 1.54) is 20.0 Å². The summed E-state index contributed by atoms with van der Waals surface area (Å²) in [6.45, 7) is 2.65. The molecular formula is C22H27N3O3. The number of methoxy groups -OCH3 is 1. The molecule has 2 aromatic rings. The minimum absolute atomic E-state index is 0.0812. The lowest BCUT2D eigenvalue weighted by Crippen LogP contribution is -2.36. The number of oxime groups is 1. The van der Waals surface area contributed by atoms with Gasteiger partial charge in [0.25, 0.3) is 5.91 Å². The fourth-order valence-electron chi connectivity index (χ4n) is 3.49. The number of hydrogen-bond donors (Lipinski definition) is 1. The number of rotatable bonds is 8. The molecule has 3 rings (SSSR count). The number of amides is 1. The van der Waals surface area contributed by atoms with E-state index < -0.39 is 0 Å². The Kier molecular flexibility index (Phi) is 7.03. The number of nitrogens with zero attached hydrogens (tertiary/aromatic N) is 2. The summed E-state index contributed by atoms with van der Waals surface area (Å²) < 4.78 is 5.38. The quantitative estimate of drug-likeness (QED) is 0.563. The van der Waals surface area contributed by atoms with Crippen molar-refractivity contribution < 1.29 is 14.4 Å². The fraction of sp³-hybridized carbons (Fsp3) is 0.364. The third-order valence-corrected chi connectivity index (χ3v) is 5.00. The lowest BCUT2D eigenvalue weighted by atomic mass is 10.0. The van der Waals surface area contributed by atoms with Crippen molar-refractivity contribution in [3.63, 3.8) is 0 Å². The van der Waals surface area contributed by atoms with Crippen LogP contribution in [0, 0.1) is 0 Å². The summed E-state index contributed by atoms with van der Waals surface area (Å²) in [6.07, 6.45) is 3.99. The van der Waals surface area contributed by atoms with Crippen molar-refractivity contribution in [3.05, 3.63) is 65.2 Å². The molecule has 0 radical (unpaired) electrons. The molecule has 0 saturated carbocycles. The van der Waals surface area contributed by atoms with E-state index in [2.05, 4.69) is 32.3 Å². The predicted molar refractivity (Wildman–Crippen MR) is 110 cm³/mol. The SMILES string of the molecule is CO/N=C/c1ccc(C(=O)NCC(c2cccc(OC)c2)N2CCCC2)cc1. The molecule has 1 aliphatic heterocycles. The third kappa shape index (κ3) is 5.10. The van der Waals surface area contributed by atoms with Gasteiger partial charge < -0.3 is 14.9 Å². The molecule has 0 aliphatic carbocycles. The van der Waals surface area contributed by atoms with Crippen LogP contribution >= 0.6 is 0 Å². The van der Waals surface area contributed by atoms with E-state index in [9.17, 15) is 4.79 Å². The van der Waals surface area contributed by atoms with Crippen LogP contribution in [-0.4, -0.2) is 50.9 Å². The van der Waals surface area contributed by atoms with E-state index in [4.69, 9.17) is 4.74 Å². The predicted octanol–water partition coefficient (Wildman–Crippen LogP) is 3.24. The Morgan fingerprint density at radius 3 is 2.61 bits per heavy atom. The molecule has 0 spiro atoms. The number of nitrogens with one attached hydrogen (secondary N) is 1. The van der Waals surface area contributed by atoms with Crippen molar-refractivity contribution in [2.24, 2.45) is 5.16 Å². The molecule has 1 N–H and O–H groups in total. The normalized spacial score (nSPS) is 15.5. The smallest absolute Gasteiger partial charge is 0.251 e. The van der Waals surface area contributed by atoms with Gasteiger partial charge in [-0.15, -0.1) is 0 Å². The van der Waals surface area contributed by atoms with Gasteiger partial charge in [-0.3, -0.25) is 9.69 Å². The average molecular weight is 381 g/mol. The molecule has 1 saturated heterocycles. The van der Waals surface area contributed by atoms with Crippen molar-refractivity contribution >= 4 is 12.1 Å². The van der Waals surface area contributed by atoms with Gasteiger partial charge in [-0.2, -0.15) is 0 Å². The molecule has 1 atom stereocenters. The molecular weight excluding hydrogens is 354 g/mol. The summed E-state index contributed by atoms with van der Waals surface area (Å²) in [5, 5.41) is 6.82. The summed E-state index contributed by atoms with van der Waals surface area (Å²) in [7, 11) is 3.17. The zero-order chi connectivity index (χ0) is 19.8. The van der Waals surface area contributed by atoms with Crippen LogP contribution in [0.3, 0.4) is 0 Å². The van der Waals surface area contributed by atoms with Crippen molar-refractivity contribution in [2.75, 3.05) is 33.9 Å². The van der Waals surface area contributed by atoms with E-state index in [0.717, 1.165) is 30.0 Å². The molecule has 28 heavy (non-hydrogen) atoms. The average Bonchev–Trinajstić information content (AvgIpc) is 3.27. The Labute approximate surface area is 166 Å². The van der Waals surface area contributed by atoms with E-state index in [1.807, 2.05) is 24.3 Å². The highest BCUT2D eigenvalue weighted by Crippen LogP contribution is 2.27. The van der Waals surface area contributed by atoms with Crippen LogP contribution in [0.5, 0.6) is 5.75 Å². The van der Waals surface area contributed by atoms with Crippen LogP contribution in [0.1, 0.15) is 40.4 Å². The van der Waals surface area contributed by atoms with Gasteiger partial charge in [0.05, 0.1) is 19.4 Å². The Hall–Kier alpha value is -2.86. The van der Waals surface area contributed by atoms with Crippen molar-refractivity contribution in [1.29, 1.82) is 0 Å². The molecule has 0 aromatic heterocycles. The maximum atomic E-state index is 12.6. The number of ether oxygens (including phenoxy) is 1. The fourth-order valence-corrected chi connectivity index (χ4v) is 3.49. The lowest BCUT2D eigenvalue weighted by molar-refractivity contribution is 0.0938. The highest BCUT2D eigenvalue weighted by Gasteiger charge is 2.24. The highest BCUT2D eigenvalue weighted by molar-refractivity contribution is 5.95. The third-order valence-electron chi connectivity index (χ3n) is 5.00. The second-order valence-electron chi connectivity index (χ2n) is 6.78. The van der Waals surface area contributed by atoms with Crippen LogP contribution in [0.4, 0.5) is 0 Å². The van der Waals surface area contributed by atoms with E-state index in [-0.39, 0.29) is 11.9 Å². The van der Waals surface area contributed by atoms with Crippen molar-refractivity contribution in [3.8, 4) is 5.75 Å². The number of carbonyl (C=O) groups excluding carboxylic acids is 1. The first kappa shape index (κ1) is 19.9. The summed E-state index contributed by atoms with van der Waals surface area (Å²) in [5.74, 6) is 0.753. The standard InChI is InChI=1S/C22H27N3O3/c1-27-20-7-5-6-19(14-20)21(25-12-3-4-13-25)16-23-22(26)18-10-8-17(9-11-18)15-24-28-2/h5-11,14-15,21H,3-4,12-13,16H2,1-2H3,(H,23,26)/b24-15+. The molecule has 6 nitrogen and oxygen atoms in total.